The van der Waals surface area contributed by atoms with Gasteiger partial charge in [0.1, 0.15) is 22.9 Å². The van der Waals surface area contributed by atoms with Crippen LogP contribution in [0.2, 0.25) is 0 Å². The molecule has 0 aliphatic rings. The van der Waals surface area contributed by atoms with Crippen LogP contribution in [0.25, 0.3) is 21.5 Å². The maximum atomic E-state index is 11.9. The third-order valence-electron chi connectivity index (χ3n) is 5.66. The van der Waals surface area contributed by atoms with Crippen LogP contribution in [-0.2, 0) is 7.05 Å². The zero-order chi connectivity index (χ0) is 25.9. The van der Waals surface area contributed by atoms with Gasteiger partial charge in [0.15, 0.2) is 0 Å². The van der Waals surface area contributed by atoms with Crippen molar-refractivity contribution in [2.45, 2.75) is 20.0 Å². The van der Waals surface area contributed by atoms with Crippen LogP contribution in [0, 0.1) is 0 Å². The Hall–Kier alpha value is -4.37. The molecule has 2 aromatic carbocycles. The van der Waals surface area contributed by atoms with Gasteiger partial charge in [0.05, 0.1) is 17.1 Å². The van der Waals surface area contributed by atoms with E-state index in [0.717, 1.165) is 32.9 Å². The molecule has 1 amide bonds. The number of aromatic nitrogens is 3. The number of ether oxygens (including phenoxy) is 2. The lowest BCUT2D eigenvalue weighted by molar-refractivity contribution is 0.0958. The molecule has 0 spiro atoms. The van der Waals surface area contributed by atoms with Crippen LogP contribution in [0.4, 0.5) is 11.6 Å². The van der Waals surface area contributed by atoms with Crippen LogP contribution in [0.5, 0.6) is 17.2 Å². The van der Waals surface area contributed by atoms with E-state index in [2.05, 4.69) is 33.1 Å². The number of benzene rings is 2. The number of rotatable bonds is 8. The number of carbonyl (C=O) groups is 1. The van der Waals surface area contributed by atoms with Gasteiger partial charge in [0.2, 0.25) is 5.95 Å². The number of nitrogens with one attached hydrogen (secondary N) is 2. The van der Waals surface area contributed by atoms with Gasteiger partial charge < -0.3 is 24.7 Å². The number of nitrogens with zero attached hydrogens (tertiary/aromatic N) is 3. The quantitative estimate of drug-likeness (QED) is 0.250. The van der Waals surface area contributed by atoms with E-state index < -0.39 is 0 Å². The van der Waals surface area contributed by atoms with Crippen LogP contribution < -0.4 is 20.1 Å². The number of anilines is 2. The van der Waals surface area contributed by atoms with Gasteiger partial charge >= 0.3 is 0 Å². The van der Waals surface area contributed by atoms with Crippen molar-refractivity contribution in [3.63, 3.8) is 0 Å². The predicted molar refractivity (Wildman–Crippen MR) is 147 cm³/mol. The number of hydrogen-bond donors (Lipinski definition) is 2. The zero-order valence-corrected chi connectivity index (χ0v) is 21.8. The van der Waals surface area contributed by atoms with Crippen LogP contribution in [0.3, 0.4) is 0 Å². The third-order valence-corrected chi connectivity index (χ3v) is 6.57. The molecule has 5 aromatic rings. The molecule has 8 nitrogen and oxygen atoms in total. The number of aryl methyl sites for hydroxylation is 1. The number of hydrogen-bond acceptors (Lipinski definition) is 7. The number of carbonyl (C=O) groups excluding carboxylic acids is 1. The first-order valence-electron chi connectivity index (χ1n) is 11.9. The van der Waals surface area contributed by atoms with Crippen molar-refractivity contribution in [3.8, 4) is 27.7 Å². The minimum absolute atomic E-state index is 0.0799. The summed E-state index contributed by atoms with van der Waals surface area (Å²) >= 11 is 1.68. The van der Waals surface area contributed by atoms with Gasteiger partial charge in [-0.1, -0.05) is 6.07 Å². The molecule has 0 saturated carbocycles. The second-order valence-electron chi connectivity index (χ2n) is 8.68. The summed E-state index contributed by atoms with van der Waals surface area (Å²) in [5, 5.41) is 8.07. The molecular weight excluding hydrogens is 486 g/mol. The Kier molecular flexibility index (Phi) is 6.78. The molecule has 2 N–H and O–H groups in total. The first-order valence-corrected chi connectivity index (χ1v) is 12.7. The smallest absolute Gasteiger partial charge is 0.269 e. The molecule has 0 atom stereocenters. The topological polar surface area (TPSA) is 90.3 Å². The van der Waals surface area contributed by atoms with Crippen molar-refractivity contribution in [3.05, 3.63) is 77.9 Å². The lowest BCUT2D eigenvalue weighted by atomic mass is 10.1. The maximum Gasteiger partial charge on any atom is 0.269 e. The molecule has 5 rings (SSSR count). The van der Waals surface area contributed by atoms with Crippen molar-refractivity contribution < 1.29 is 14.3 Å². The molecule has 3 aromatic heterocycles. The summed E-state index contributed by atoms with van der Waals surface area (Å²) in [6.45, 7) is 4.05. The van der Waals surface area contributed by atoms with E-state index in [9.17, 15) is 4.79 Å². The van der Waals surface area contributed by atoms with Crippen LogP contribution in [0.15, 0.2) is 72.2 Å². The summed E-state index contributed by atoms with van der Waals surface area (Å²) in [5.41, 5.74) is 3.97. The highest BCUT2D eigenvalue weighted by Crippen LogP contribution is 2.37. The molecule has 0 unspecified atom stereocenters. The standard InChI is InChI=1S/C28H27N5O3S/c1-17(2)35-25-10-7-18(14-21(25)26-6-5-13-37-26)31-28-32-22-15-19(8-9-24(22)33(28)4)36-20-11-12-30-23(16-20)27(34)29-3/h5-17H,1-4H3,(H,29,34)(H,31,32). The van der Waals surface area contributed by atoms with Gasteiger partial charge in [-0.2, -0.15) is 0 Å². The lowest BCUT2D eigenvalue weighted by Gasteiger charge is -2.15. The molecule has 0 fully saturated rings. The number of amides is 1. The number of thiophene rings is 1. The van der Waals surface area contributed by atoms with E-state index in [1.54, 1.807) is 36.7 Å². The van der Waals surface area contributed by atoms with Gasteiger partial charge in [0.25, 0.3) is 5.91 Å². The summed E-state index contributed by atoms with van der Waals surface area (Å²) in [6, 6.07) is 19.2. The summed E-state index contributed by atoms with van der Waals surface area (Å²) < 4.78 is 14.0. The average Bonchev–Trinajstić information content (AvgIpc) is 3.53. The number of imidazole rings is 1. The van der Waals surface area contributed by atoms with E-state index in [1.807, 2.05) is 61.9 Å². The van der Waals surface area contributed by atoms with Gasteiger partial charge in [-0.05, 0) is 61.7 Å². The summed E-state index contributed by atoms with van der Waals surface area (Å²) in [5.74, 6) is 2.42. The largest absolute Gasteiger partial charge is 0.490 e. The van der Waals surface area contributed by atoms with Crippen molar-refractivity contribution in [1.29, 1.82) is 0 Å². The van der Waals surface area contributed by atoms with E-state index >= 15 is 0 Å². The highest BCUT2D eigenvalue weighted by molar-refractivity contribution is 7.13. The fraction of sp³-hybridized carbons (Fsp3) is 0.179. The normalized spacial score (nSPS) is 11.1. The molecule has 0 saturated heterocycles. The molecule has 9 heteroatoms. The van der Waals surface area contributed by atoms with E-state index in [1.165, 1.54) is 0 Å². The van der Waals surface area contributed by atoms with Crippen molar-refractivity contribution in [1.82, 2.24) is 19.9 Å². The monoisotopic (exact) mass is 513 g/mol. The molecular formula is C28H27N5O3S. The van der Waals surface area contributed by atoms with Crippen molar-refractivity contribution >= 4 is 39.9 Å². The Labute approximate surface area is 218 Å². The summed E-state index contributed by atoms with van der Waals surface area (Å²) in [6.07, 6.45) is 1.62. The fourth-order valence-electron chi connectivity index (χ4n) is 3.94. The second-order valence-corrected chi connectivity index (χ2v) is 9.63. The molecule has 0 radical (unpaired) electrons. The Morgan fingerprint density at radius 1 is 1.05 bits per heavy atom. The average molecular weight is 514 g/mol. The van der Waals surface area contributed by atoms with Crippen LogP contribution >= 0.6 is 11.3 Å². The van der Waals surface area contributed by atoms with Crippen LogP contribution in [0.1, 0.15) is 24.3 Å². The Balaban J connectivity index is 1.41. The Morgan fingerprint density at radius 3 is 2.65 bits per heavy atom. The SMILES string of the molecule is CNC(=O)c1cc(Oc2ccc3c(c2)nc(Nc2ccc(OC(C)C)c(-c4cccs4)c2)n3C)ccn1. The van der Waals surface area contributed by atoms with Crippen LogP contribution in [-0.4, -0.2) is 33.6 Å². The maximum absolute atomic E-state index is 11.9. The van der Waals surface area contributed by atoms with E-state index in [0.29, 0.717) is 17.4 Å². The molecule has 3 heterocycles. The molecule has 37 heavy (non-hydrogen) atoms. The highest BCUT2D eigenvalue weighted by atomic mass is 32.1. The van der Waals surface area contributed by atoms with Gasteiger partial charge in [0, 0.05) is 48.6 Å². The zero-order valence-electron chi connectivity index (χ0n) is 21.0. The summed E-state index contributed by atoms with van der Waals surface area (Å²) in [7, 11) is 3.53. The molecule has 188 valence electrons. The van der Waals surface area contributed by atoms with E-state index in [4.69, 9.17) is 14.5 Å². The summed E-state index contributed by atoms with van der Waals surface area (Å²) in [4.78, 5) is 21.9. The number of pyridine rings is 1. The van der Waals surface area contributed by atoms with Gasteiger partial charge in [-0.3, -0.25) is 9.78 Å². The van der Waals surface area contributed by atoms with Crippen molar-refractivity contribution in [2.75, 3.05) is 12.4 Å². The first-order chi connectivity index (χ1) is 17.9. The van der Waals surface area contributed by atoms with E-state index in [-0.39, 0.29) is 17.7 Å². The number of fused-ring (bicyclic) bond motifs is 1. The molecule has 0 aliphatic heterocycles. The minimum atomic E-state index is -0.271. The third kappa shape index (κ3) is 5.26. The predicted octanol–water partition coefficient (Wildman–Crippen LogP) is 6.38. The molecule has 0 bridgehead atoms. The second kappa shape index (κ2) is 10.3. The minimum Gasteiger partial charge on any atom is -0.490 e. The highest BCUT2D eigenvalue weighted by Gasteiger charge is 2.14. The Morgan fingerprint density at radius 2 is 1.89 bits per heavy atom. The van der Waals surface area contributed by atoms with Gasteiger partial charge in [-0.15, -0.1) is 11.3 Å². The first kappa shape index (κ1) is 24.3. The fourth-order valence-corrected chi connectivity index (χ4v) is 4.68. The van der Waals surface area contributed by atoms with Gasteiger partial charge in [-0.25, -0.2) is 4.98 Å². The van der Waals surface area contributed by atoms with Crippen molar-refractivity contribution in [2.24, 2.45) is 7.05 Å². The lowest BCUT2D eigenvalue weighted by Crippen LogP contribution is -2.18. The Bertz CT molecular complexity index is 1560. The molecule has 0 aliphatic carbocycles.